The Morgan fingerprint density at radius 2 is 1.79 bits per heavy atom. The van der Waals surface area contributed by atoms with Crippen LogP contribution in [0, 0.1) is 5.41 Å². The van der Waals surface area contributed by atoms with Crippen LogP contribution in [0.5, 0.6) is 0 Å². The first kappa shape index (κ1) is 19.6. The third kappa shape index (κ3) is 3.44. The zero-order valence-electron chi connectivity index (χ0n) is 16.9. The monoisotopic (exact) mass is 392 g/mol. The molecule has 0 aromatic heterocycles. The molecule has 2 aromatic rings. The lowest BCUT2D eigenvalue weighted by atomic mass is 9.69. The van der Waals surface area contributed by atoms with Gasteiger partial charge in [0.2, 0.25) is 11.8 Å². The summed E-state index contributed by atoms with van der Waals surface area (Å²) in [5.74, 6) is -0.183. The Morgan fingerprint density at radius 3 is 2.45 bits per heavy atom. The quantitative estimate of drug-likeness (QED) is 0.761. The summed E-state index contributed by atoms with van der Waals surface area (Å²) in [4.78, 5) is 28.1. The van der Waals surface area contributed by atoms with E-state index < -0.39 is 5.41 Å². The molecule has 29 heavy (non-hydrogen) atoms. The lowest BCUT2D eigenvalue weighted by Gasteiger charge is -2.40. The highest BCUT2D eigenvalue weighted by Gasteiger charge is 2.51. The molecule has 1 heterocycles. The van der Waals surface area contributed by atoms with Gasteiger partial charge in [0, 0.05) is 31.1 Å². The third-order valence-electron chi connectivity index (χ3n) is 6.72. The zero-order valence-corrected chi connectivity index (χ0v) is 16.9. The largest absolute Gasteiger partial charge is 0.396 e. The molecule has 0 radical (unpaired) electrons. The van der Waals surface area contributed by atoms with Gasteiger partial charge in [-0.15, -0.1) is 0 Å². The number of nitrogens with one attached hydrogen (secondary N) is 1. The Bertz CT molecular complexity index is 902. The summed E-state index contributed by atoms with van der Waals surface area (Å²) >= 11 is 0. The molecule has 1 aliphatic carbocycles. The van der Waals surface area contributed by atoms with E-state index in [2.05, 4.69) is 5.32 Å². The van der Waals surface area contributed by atoms with E-state index in [9.17, 15) is 14.7 Å². The lowest BCUT2D eigenvalue weighted by molar-refractivity contribution is -0.130. The fourth-order valence-corrected chi connectivity index (χ4v) is 4.76. The number of para-hydroxylation sites is 1. The summed E-state index contributed by atoms with van der Waals surface area (Å²) in [6.07, 6.45) is 3.54. The lowest BCUT2D eigenvalue weighted by Crippen LogP contribution is -2.48. The SMILES string of the molecule is CN1C(=O)C(CC(=O)NCC2(CO)CCC2)(Cc2ccccc2)c2ccccc21. The van der Waals surface area contributed by atoms with E-state index in [1.54, 1.807) is 11.9 Å². The Hall–Kier alpha value is -2.66. The first-order chi connectivity index (χ1) is 14.0. The summed E-state index contributed by atoms with van der Waals surface area (Å²) in [6, 6.07) is 17.6. The zero-order chi connectivity index (χ0) is 20.5. The van der Waals surface area contributed by atoms with Crippen molar-refractivity contribution in [1.82, 2.24) is 5.32 Å². The molecule has 152 valence electrons. The number of likely N-dealkylation sites (N-methyl/N-ethyl adjacent to an activating group) is 1. The van der Waals surface area contributed by atoms with Crippen LogP contribution in [-0.2, 0) is 21.4 Å². The normalized spacial score (nSPS) is 22.1. The maximum atomic E-state index is 13.5. The molecule has 5 nitrogen and oxygen atoms in total. The van der Waals surface area contributed by atoms with E-state index in [1.807, 2.05) is 54.6 Å². The summed E-state index contributed by atoms with van der Waals surface area (Å²) in [5.41, 5.74) is 1.71. The van der Waals surface area contributed by atoms with Crippen LogP contribution in [-0.4, -0.2) is 37.1 Å². The third-order valence-corrected chi connectivity index (χ3v) is 6.72. The van der Waals surface area contributed by atoms with Crippen LogP contribution in [0.15, 0.2) is 54.6 Å². The van der Waals surface area contributed by atoms with Crippen LogP contribution >= 0.6 is 0 Å². The minimum Gasteiger partial charge on any atom is -0.396 e. The van der Waals surface area contributed by atoms with Gasteiger partial charge in [0.05, 0.1) is 12.0 Å². The molecule has 4 rings (SSSR count). The first-order valence-corrected chi connectivity index (χ1v) is 10.3. The van der Waals surface area contributed by atoms with Crippen LogP contribution in [0.25, 0.3) is 0 Å². The van der Waals surface area contributed by atoms with Crippen molar-refractivity contribution in [2.24, 2.45) is 5.41 Å². The van der Waals surface area contributed by atoms with Crippen LogP contribution < -0.4 is 10.2 Å². The molecule has 0 spiro atoms. The Balaban J connectivity index is 1.63. The highest BCUT2D eigenvalue weighted by atomic mass is 16.3. The van der Waals surface area contributed by atoms with Crippen molar-refractivity contribution in [3.63, 3.8) is 0 Å². The fourth-order valence-electron chi connectivity index (χ4n) is 4.76. The van der Waals surface area contributed by atoms with Crippen molar-refractivity contribution in [3.05, 3.63) is 65.7 Å². The van der Waals surface area contributed by atoms with Crippen molar-refractivity contribution in [2.45, 2.75) is 37.5 Å². The Kier molecular flexibility index (Phi) is 5.17. The van der Waals surface area contributed by atoms with Gasteiger partial charge in [-0.2, -0.15) is 0 Å². The first-order valence-electron chi connectivity index (χ1n) is 10.3. The second-order valence-corrected chi connectivity index (χ2v) is 8.59. The summed E-state index contributed by atoms with van der Waals surface area (Å²) in [7, 11) is 1.78. The number of anilines is 1. The standard InChI is InChI=1S/C24H28N2O3/c1-26-20-11-6-5-10-19(20)24(22(26)29,14-18-8-3-2-4-9-18)15-21(28)25-16-23(17-27)12-7-13-23/h2-6,8-11,27H,7,12-17H2,1H3,(H,25,28). The molecule has 0 saturated heterocycles. The summed E-state index contributed by atoms with van der Waals surface area (Å²) in [5, 5.41) is 12.7. The Morgan fingerprint density at radius 1 is 1.10 bits per heavy atom. The molecule has 1 unspecified atom stereocenters. The van der Waals surface area contributed by atoms with Crippen molar-refractivity contribution < 1.29 is 14.7 Å². The number of nitrogens with zero attached hydrogens (tertiary/aromatic N) is 1. The topological polar surface area (TPSA) is 69.6 Å². The van der Waals surface area contributed by atoms with E-state index >= 15 is 0 Å². The highest BCUT2D eigenvalue weighted by molar-refractivity contribution is 6.09. The average molecular weight is 392 g/mol. The molecule has 1 saturated carbocycles. The molecule has 5 heteroatoms. The van der Waals surface area contributed by atoms with Gasteiger partial charge in [0.15, 0.2) is 0 Å². The van der Waals surface area contributed by atoms with Gasteiger partial charge in [0.25, 0.3) is 0 Å². The number of hydrogen-bond donors (Lipinski definition) is 2. The average Bonchev–Trinajstić information content (AvgIpc) is 2.91. The number of amides is 2. The maximum Gasteiger partial charge on any atom is 0.238 e. The molecule has 2 aliphatic rings. The van der Waals surface area contributed by atoms with Gasteiger partial charge in [-0.3, -0.25) is 9.59 Å². The van der Waals surface area contributed by atoms with Crippen LogP contribution in [0.2, 0.25) is 0 Å². The van der Waals surface area contributed by atoms with E-state index in [0.29, 0.717) is 13.0 Å². The van der Waals surface area contributed by atoms with Gasteiger partial charge >= 0.3 is 0 Å². The summed E-state index contributed by atoms with van der Waals surface area (Å²) in [6.45, 7) is 0.558. The summed E-state index contributed by atoms with van der Waals surface area (Å²) < 4.78 is 0. The number of hydrogen-bond acceptors (Lipinski definition) is 3. The van der Waals surface area contributed by atoms with Crippen molar-refractivity contribution in [2.75, 3.05) is 25.1 Å². The molecule has 2 aromatic carbocycles. The predicted molar refractivity (Wildman–Crippen MR) is 113 cm³/mol. The van der Waals surface area contributed by atoms with Crippen LogP contribution in [0.1, 0.15) is 36.8 Å². The Labute approximate surface area is 171 Å². The number of aliphatic hydroxyl groups excluding tert-OH is 1. The van der Waals surface area contributed by atoms with E-state index in [-0.39, 0.29) is 30.3 Å². The van der Waals surface area contributed by atoms with Gasteiger partial charge in [-0.05, 0) is 36.5 Å². The molecule has 1 aliphatic heterocycles. The number of aliphatic hydroxyl groups is 1. The number of carbonyl (C=O) groups is 2. The maximum absolute atomic E-state index is 13.5. The number of carbonyl (C=O) groups excluding carboxylic acids is 2. The van der Waals surface area contributed by atoms with Gasteiger partial charge in [0.1, 0.15) is 0 Å². The number of benzene rings is 2. The molecule has 2 N–H and O–H groups in total. The van der Waals surface area contributed by atoms with E-state index in [1.165, 1.54) is 0 Å². The van der Waals surface area contributed by atoms with Gasteiger partial charge < -0.3 is 15.3 Å². The van der Waals surface area contributed by atoms with Crippen molar-refractivity contribution in [3.8, 4) is 0 Å². The molecule has 1 fully saturated rings. The molecule has 2 amide bonds. The minimum absolute atomic E-state index is 0.0433. The van der Waals surface area contributed by atoms with Crippen LogP contribution in [0.3, 0.4) is 0 Å². The van der Waals surface area contributed by atoms with E-state index in [4.69, 9.17) is 0 Å². The predicted octanol–water partition coefficient (Wildman–Crippen LogP) is 2.81. The second-order valence-electron chi connectivity index (χ2n) is 8.59. The van der Waals surface area contributed by atoms with E-state index in [0.717, 1.165) is 36.1 Å². The second kappa shape index (κ2) is 7.64. The minimum atomic E-state index is -0.914. The molecular weight excluding hydrogens is 364 g/mol. The van der Waals surface area contributed by atoms with Gasteiger partial charge in [-0.1, -0.05) is 55.0 Å². The molecular formula is C24H28N2O3. The van der Waals surface area contributed by atoms with Crippen molar-refractivity contribution >= 4 is 17.5 Å². The van der Waals surface area contributed by atoms with Gasteiger partial charge in [-0.25, -0.2) is 0 Å². The smallest absolute Gasteiger partial charge is 0.238 e. The fraction of sp³-hybridized carbons (Fsp3) is 0.417. The highest BCUT2D eigenvalue weighted by Crippen LogP contribution is 2.45. The molecule has 1 atom stereocenters. The number of rotatable bonds is 7. The van der Waals surface area contributed by atoms with Crippen LogP contribution in [0.4, 0.5) is 5.69 Å². The number of fused-ring (bicyclic) bond motifs is 1. The van der Waals surface area contributed by atoms with Crippen molar-refractivity contribution in [1.29, 1.82) is 0 Å². The molecule has 0 bridgehead atoms.